The summed E-state index contributed by atoms with van der Waals surface area (Å²) in [6.45, 7) is 3.24. The molecule has 0 aliphatic heterocycles. The molecule has 1 fully saturated rings. The third-order valence-corrected chi connectivity index (χ3v) is 4.27. The number of benzene rings is 1. The predicted molar refractivity (Wildman–Crippen MR) is 80.3 cm³/mol. The lowest BCUT2D eigenvalue weighted by Crippen LogP contribution is -2.41. The van der Waals surface area contributed by atoms with Crippen LogP contribution in [0.2, 0.25) is 0 Å². The first-order valence-corrected chi connectivity index (χ1v) is 7.45. The molecule has 0 amide bonds. The average molecular weight is 254 g/mol. The summed E-state index contributed by atoms with van der Waals surface area (Å²) in [4.78, 5) is 4.80. The van der Waals surface area contributed by atoms with Crippen molar-refractivity contribution in [3.05, 3.63) is 42.1 Å². The van der Waals surface area contributed by atoms with Crippen molar-refractivity contribution >= 4 is 10.9 Å². The van der Waals surface area contributed by atoms with Crippen LogP contribution >= 0.6 is 0 Å². The zero-order valence-corrected chi connectivity index (χ0v) is 11.6. The lowest BCUT2D eigenvalue weighted by atomic mass is 9.78. The van der Waals surface area contributed by atoms with Gasteiger partial charge in [0.25, 0.3) is 0 Å². The molecule has 1 aromatic carbocycles. The van der Waals surface area contributed by atoms with Gasteiger partial charge in [-0.1, -0.05) is 37.6 Å². The van der Waals surface area contributed by atoms with E-state index >= 15 is 0 Å². The van der Waals surface area contributed by atoms with Crippen molar-refractivity contribution < 1.29 is 0 Å². The highest BCUT2D eigenvalue weighted by molar-refractivity contribution is 5.78. The van der Waals surface area contributed by atoms with E-state index in [2.05, 4.69) is 48.6 Å². The molecule has 2 aromatic rings. The first kappa shape index (κ1) is 12.6. The molecule has 1 aliphatic carbocycles. The predicted octanol–water partition coefficient (Wildman–Crippen LogP) is 3.56. The third kappa shape index (κ3) is 2.79. The number of likely N-dealkylation sites (N-methyl/N-ethyl adjacent to an activating group) is 1. The Hall–Kier alpha value is -1.41. The molecule has 0 radical (unpaired) electrons. The van der Waals surface area contributed by atoms with Crippen molar-refractivity contribution in [2.75, 3.05) is 6.54 Å². The van der Waals surface area contributed by atoms with Crippen LogP contribution in [0.15, 0.2) is 36.4 Å². The Morgan fingerprint density at radius 2 is 2.05 bits per heavy atom. The number of para-hydroxylation sites is 1. The summed E-state index contributed by atoms with van der Waals surface area (Å²) >= 11 is 0. The van der Waals surface area contributed by atoms with Gasteiger partial charge >= 0.3 is 0 Å². The number of hydrogen-bond donors (Lipinski definition) is 1. The van der Waals surface area contributed by atoms with Gasteiger partial charge in [-0.3, -0.25) is 4.98 Å². The summed E-state index contributed by atoms with van der Waals surface area (Å²) < 4.78 is 0. The van der Waals surface area contributed by atoms with Gasteiger partial charge in [0.15, 0.2) is 0 Å². The minimum absolute atomic E-state index is 0.604. The van der Waals surface area contributed by atoms with Crippen LogP contribution in [0.1, 0.15) is 31.9 Å². The Morgan fingerprint density at radius 3 is 2.79 bits per heavy atom. The van der Waals surface area contributed by atoms with Gasteiger partial charge in [0.1, 0.15) is 0 Å². The Bertz CT molecular complexity index is 546. The molecule has 19 heavy (non-hydrogen) atoms. The molecule has 2 heteroatoms. The van der Waals surface area contributed by atoms with Crippen LogP contribution in [-0.4, -0.2) is 17.6 Å². The summed E-state index contributed by atoms with van der Waals surface area (Å²) in [5.74, 6) is 0.855. The molecule has 100 valence electrons. The van der Waals surface area contributed by atoms with Gasteiger partial charge < -0.3 is 5.32 Å². The largest absolute Gasteiger partial charge is 0.314 e. The van der Waals surface area contributed by atoms with E-state index in [0.29, 0.717) is 6.04 Å². The topological polar surface area (TPSA) is 24.9 Å². The van der Waals surface area contributed by atoms with Crippen LogP contribution < -0.4 is 5.32 Å². The quantitative estimate of drug-likeness (QED) is 0.882. The molecule has 0 saturated heterocycles. The highest BCUT2D eigenvalue weighted by atomic mass is 14.9. The first-order chi connectivity index (χ1) is 9.36. The second-order valence-corrected chi connectivity index (χ2v) is 5.55. The number of nitrogens with one attached hydrogen (secondary N) is 1. The molecule has 1 saturated carbocycles. The fraction of sp³-hybridized carbons (Fsp3) is 0.471. The lowest BCUT2D eigenvalue weighted by molar-refractivity contribution is 0.229. The summed E-state index contributed by atoms with van der Waals surface area (Å²) in [6.07, 6.45) is 5.22. The van der Waals surface area contributed by atoms with Gasteiger partial charge in [-0.05, 0) is 37.4 Å². The molecule has 2 nitrogen and oxygen atoms in total. The van der Waals surface area contributed by atoms with Crippen molar-refractivity contribution in [1.29, 1.82) is 0 Å². The maximum atomic E-state index is 4.80. The summed E-state index contributed by atoms with van der Waals surface area (Å²) in [6, 6.07) is 13.3. The van der Waals surface area contributed by atoms with E-state index in [1.54, 1.807) is 0 Å². The first-order valence-electron chi connectivity index (χ1n) is 7.45. The van der Waals surface area contributed by atoms with Crippen LogP contribution in [0.4, 0.5) is 0 Å². The van der Waals surface area contributed by atoms with E-state index in [-0.39, 0.29) is 0 Å². The highest BCUT2D eigenvalue weighted by Gasteiger charge is 2.26. The second-order valence-electron chi connectivity index (χ2n) is 5.55. The van der Waals surface area contributed by atoms with Crippen molar-refractivity contribution in [3.8, 4) is 0 Å². The van der Waals surface area contributed by atoms with Gasteiger partial charge in [0, 0.05) is 23.5 Å². The Balaban J connectivity index is 1.78. The normalized spacial score (nSPS) is 17.3. The lowest BCUT2D eigenvalue weighted by Gasteiger charge is -2.34. The van der Waals surface area contributed by atoms with Crippen molar-refractivity contribution in [3.63, 3.8) is 0 Å². The molecular formula is C17H22N2. The minimum atomic E-state index is 0.604. The van der Waals surface area contributed by atoms with Gasteiger partial charge in [0.05, 0.1) is 5.52 Å². The minimum Gasteiger partial charge on any atom is -0.314 e. The second kappa shape index (κ2) is 5.70. The molecule has 0 bridgehead atoms. The van der Waals surface area contributed by atoms with Crippen LogP contribution in [-0.2, 0) is 6.42 Å². The van der Waals surface area contributed by atoms with E-state index in [1.807, 2.05) is 0 Å². The Morgan fingerprint density at radius 1 is 1.21 bits per heavy atom. The smallest absolute Gasteiger partial charge is 0.0705 e. The number of rotatable bonds is 5. The van der Waals surface area contributed by atoms with Gasteiger partial charge in [-0.15, -0.1) is 0 Å². The maximum Gasteiger partial charge on any atom is 0.0705 e. The van der Waals surface area contributed by atoms with Gasteiger partial charge in [0.2, 0.25) is 0 Å². The molecule has 1 atom stereocenters. The summed E-state index contributed by atoms with van der Waals surface area (Å²) in [5.41, 5.74) is 2.33. The fourth-order valence-corrected chi connectivity index (χ4v) is 2.96. The van der Waals surface area contributed by atoms with Gasteiger partial charge in [-0.25, -0.2) is 0 Å². The maximum absolute atomic E-state index is 4.80. The molecule has 1 aromatic heterocycles. The van der Waals surface area contributed by atoms with Crippen molar-refractivity contribution in [2.45, 2.75) is 38.6 Å². The van der Waals surface area contributed by atoms with Crippen LogP contribution in [0, 0.1) is 5.92 Å². The molecule has 0 spiro atoms. The molecule has 1 aliphatic rings. The summed E-state index contributed by atoms with van der Waals surface area (Å²) in [7, 11) is 0. The van der Waals surface area contributed by atoms with Crippen molar-refractivity contribution in [2.24, 2.45) is 5.92 Å². The number of aromatic nitrogens is 1. The van der Waals surface area contributed by atoms with Crippen LogP contribution in [0.3, 0.4) is 0 Å². The number of nitrogens with zero attached hydrogens (tertiary/aromatic N) is 1. The van der Waals surface area contributed by atoms with E-state index in [9.17, 15) is 0 Å². The van der Waals surface area contributed by atoms with E-state index < -0.39 is 0 Å². The van der Waals surface area contributed by atoms with E-state index in [1.165, 1.54) is 30.3 Å². The van der Waals surface area contributed by atoms with Crippen LogP contribution in [0.5, 0.6) is 0 Å². The number of hydrogen-bond acceptors (Lipinski definition) is 2. The van der Waals surface area contributed by atoms with E-state index in [0.717, 1.165) is 24.4 Å². The monoisotopic (exact) mass is 254 g/mol. The zero-order valence-electron chi connectivity index (χ0n) is 11.6. The van der Waals surface area contributed by atoms with E-state index in [4.69, 9.17) is 4.98 Å². The number of fused-ring (bicyclic) bond motifs is 1. The molecular weight excluding hydrogens is 232 g/mol. The summed E-state index contributed by atoms with van der Waals surface area (Å²) in [5, 5.41) is 4.87. The van der Waals surface area contributed by atoms with Crippen LogP contribution in [0.25, 0.3) is 10.9 Å². The zero-order chi connectivity index (χ0) is 13.1. The van der Waals surface area contributed by atoms with Gasteiger partial charge in [-0.2, -0.15) is 0 Å². The standard InChI is InChI=1S/C17H22N2/c1-2-18-17(13-7-5-8-13)12-15-11-10-14-6-3-4-9-16(14)19-15/h3-4,6,9-11,13,17-18H,2,5,7-8,12H2,1H3. The Labute approximate surface area is 115 Å². The fourth-order valence-electron chi connectivity index (χ4n) is 2.96. The third-order valence-electron chi connectivity index (χ3n) is 4.27. The molecule has 1 unspecified atom stereocenters. The SMILES string of the molecule is CCNC(Cc1ccc2ccccc2n1)C1CCC1. The highest BCUT2D eigenvalue weighted by Crippen LogP contribution is 2.31. The Kier molecular flexibility index (Phi) is 3.79. The number of pyridine rings is 1. The van der Waals surface area contributed by atoms with Crippen molar-refractivity contribution in [1.82, 2.24) is 10.3 Å². The molecule has 3 rings (SSSR count). The molecule has 1 heterocycles. The average Bonchev–Trinajstić information content (AvgIpc) is 2.37. The molecule has 1 N–H and O–H groups in total.